The molecular formula is C15H19N3O2. The van der Waals surface area contributed by atoms with Crippen molar-refractivity contribution in [3.05, 3.63) is 36.9 Å². The summed E-state index contributed by atoms with van der Waals surface area (Å²) >= 11 is 0. The Morgan fingerprint density at radius 3 is 2.90 bits per heavy atom. The highest BCUT2D eigenvalue weighted by atomic mass is 16.5. The van der Waals surface area contributed by atoms with Gasteiger partial charge in [-0.1, -0.05) is 23.9 Å². The molecule has 1 heterocycles. The van der Waals surface area contributed by atoms with E-state index in [-0.39, 0.29) is 5.78 Å². The Bertz CT molecular complexity index is 620. The summed E-state index contributed by atoms with van der Waals surface area (Å²) in [6.07, 6.45) is 2.59. The molecule has 1 atom stereocenters. The maximum absolute atomic E-state index is 11.3. The number of fused-ring (bicyclic) bond motifs is 1. The van der Waals surface area contributed by atoms with Crippen LogP contribution in [0.2, 0.25) is 0 Å². The molecule has 1 unspecified atom stereocenters. The third kappa shape index (κ3) is 2.63. The Morgan fingerprint density at radius 1 is 1.50 bits per heavy atom. The summed E-state index contributed by atoms with van der Waals surface area (Å²) in [5, 5.41) is 8.34. The fourth-order valence-electron chi connectivity index (χ4n) is 2.24. The van der Waals surface area contributed by atoms with Crippen LogP contribution in [0.1, 0.15) is 26.7 Å². The summed E-state index contributed by atoms with van der Waals surface area (Å²) in [6.45, 7) is 7.84. The van der Waals surface area contributed by atoms with Gasteiger partial charge in [0.05, 0.1) is 5.52 Å². The van der Waals surface area contributed by atoms with Crippen LogP contribution in [-0.2, 0) is 15.3 Å². The van der Waals surface area contributed by atoms with Crippen molar-refractivity contribution in [3.8, 4) is 0 Å². The molecule has 0 aliphatic heterocycles. The number of carbonyl (C=O) groups is 1. The predicted octanol–water partition coefficient (Wildman–Crippen LogP) is 2.68. The average Bonchev–Trinajstić information content (AvgIpc) is 2.88. The van der Waals surface area contributed by atoms with Crippen LogP contribution in [0.3, 0.4) is 0 Å². The van der Waals surface area contributed by atoms with Gasteiger partial charge in [-0.15, -0.1) is 5.10 Å². The number of hydrogen-bond acceptors (Lipinski definition) is 4. The Balaban J connectivity index is 2.49. The van der Waals surface area contributed by atoms with Crippen LogP contribution < -0.4 is 0 Å². The number of ketones is 1. The minimum absolute atomic E-state index is 0.111. The molecule has 0 fully saturated rings. The van der Waals surface area contributed by atoms with Crippen molar-refractivity contribution >= 4 is 16.8 Å². The van der Waals surface area contributed by atoms with Gasteiger partial charge in [0, 0.05) is 19.4 Å². The summed E-state index contributed by atoms with van der Waals surface area (Å²) in [4.78, 5) is 11.3. The summed E-state index contributed by atoms with van der Waals surface area (Å²) in [5.74, 6) is 0.111. The van der Waals surface area contributed by atoms with E-state index in [1.807, 2.05) is 31.2 Å². The Hall–Kier alpha value is -2.01. The summed E-state index contributed by atoms with van der Waals surface area (Å²) in [6, 6.07) is 7.66. The molecule has 5 heteroatoms. The highest BCUT2D eigenvalue weighted by Crippen LogP contribution is 2.29. The number of benzene rings is 1. The van der Waals surface area contributed by atoms with Gasteiger partial charge in [0.15, 0.2) is 5.72 Å². The molecule has 0 saturated heterocycles. The molecule has 0 aliphatic carbocycles. The lowest BCUT2D eigenvalue weighted by atomic mass is 10.0. The number of ether oxygens (including phenoxy) is 1. The largest absolute Gasteiger partial charge is 0.350 e. The third-order valence-corrected chi connectivity index (χ3v) is 3.26. The molecule has 0 radical (unpaired) electrons. The lowest BCUT2D eigenvalue weighted by molar-refractivity contribution is -0.121. The number of aromatic nitrogens is 3. The maximum atomic E-state index is 11.3. The van der Waals surface area contributed by atoms with E-state index < -0.39 is 5.72 Å². The first-order chi connectivity index (χ1) is 9.63. The molecule has 0 spiro atoms. The first-order valence-corrected chi connectivity index (χ1v) is 6.71. The van der Waals surface area contributed by atoms with E-state index in [9.17, 15) is 4.79 Å². The topological polar surface area (TPSA) is 57.0 Å². The second-order valence-corrected chi connectivity index (χ2v) is 4.67. The van der Waals surface area contributed by atoms with Crippen molar-refractivity contribution < 1.29 is 9.53 Å². The Labute approximate surface area is 118 Å². The number of rotatable bonds is 7. The van der Waals surface area contributed by atoms with Gasteiger partial charge in [-0.05, 0) is 32.1 Å². The van der Waals surface area contributed by atoms with Gasteiger partial charge < -0.3 is 9.53 Å². The molecule has 5 nitrogen and oxygen atoms in total. The number of hydrogen-bond donors (Lipinski definition) is 0. The molecule has 0 aliphatic rings. The van der Waals surface area contributed by atoms with Crippen LogP contribution in [0.15, 0.2) is 36.9 Å². The number of nitrogens with zero attached hydrogens (tertiary/aromatic N) is 3. The summed E-state index contributed by atoms with van der Waals surface area (Å²) in [5.41, 5.74) is 0.821. The molecule has 0 N–H and O–H groups in total. The van der Waals surface area contributed by atoms with Crippen molar-refractivity contribution in [3.63, 3.8) is 0 Å². The normalized spacial score (nSPS) is 14.1. The minimum atomic E-state index is -0.837. The van der Waals surface area contributed by atoms with Crippen LogP contribution in [0.25, 0.3) is 11.0 Å². The van der Waals surface area contributed by atoms with Gasteiger partial charge in [0.1, 0.15) is 11.3 Å². The van der Waals surface area contributed by atoms with E-state index in [2.05, 4.69) is 16.9 Å². The zero-order chi connectivity index (χ0) is 14.6. The van der Waals surface area contributed by atoms with Gasteiger partial charge in [-0.2, -0.15) is 0 Å². The van der Waals surface area contributed by atoms with Crippen molar-refractivity contribution in [1.29, 1.82) is 0 Å². The number of Topliss-reactive ketones (excluding diaryl/α,β-unsaturated/α-hetero) is 1. The van der Waals surface area contributed by atoms with Crippen LogP contribution in [0.5, 0.6) is 0 Å². The molecule has 2 rings (SSSR count). The lowest BCUT2D eigenvalue weighted by Gasteiger charge is -2.30. The van der Waals surface area contributed by atoms with E-state index in [1.54, 1.807) is 17.7 Å². The van der Waals surface area contributed by atoms with E-state index in [4.69, 9.17) is 4.74 Å². The molecule has 1 aromatic carbocycles. The predicted molar refractivity (Wildman–Crippen MR) is 77.2 cm³/mol. The van der Waals surface area contributed by atoms with E-state index in [1.165, 1.54) is 0 Å². The molecule has 0 saturated carbocycles. The van der Waals surface area contributed by atoms with Crippen LogP contribution in [0.4, 0.5) is 0 Å². The highest BCUT2D eigenvalue weighted by Gasteiger charge is 2.32. The van der Waals surface area contributed by atoms with Gasteiger partial charge in [-0.3, -0.25) is 0 Å². The monoisotopic (exact) mass is 273 g/mol. The van der Waals surface area contributed by atoms with Crippen LogP contribution in [-0.4, -0.2) is 27.4 Å². The molecule has 20 heavy (non-hydrogen) atoms. The van der Waals surface area contributed by atoms with Gasteiger partial charge >= 0.3 is 0 Å². The fourth-order valence-corrected chi connectivity index (χ4v) is 2.24. The minimum Gasteiger partial charge on any atom is -0.350 e. The molecule has 0 bridgehead atoms. The average molecular weight is 273 g/mol. The number of para-hydroxylation sites is 1. The summed E-state index contributed by atoms with van der Waals surface area (Å²) < 4.78 is 7.58. The van der Waals surface area contributed by atoms with Crippen molar-refractivity contribution in [1.82, 2.24) is 15.0 Å². The van der Waals surface area contributed by atoms with Crippen LogP contribution in [0, 0.1) is 0 Å². The Kier molecular flexibility index (Phi) is 4.29. The summed E-state index contributed by atoms with van der Waals surface area (Å²) in [7, 11) is 0. The van der Waals surface area contributed by atoms with Crippen molar-refractivity contribution in [2.75, 3.05) is 6.61 Å². The van der Waals surface area contributed by atoms with Gasteiger partial charge in [0.25, 0.3) is 0 Å². The zero-order valence-electron chi connectivity index (χ0n) is 11.9. The van der Waals surface area contributed by atoms with Crippen molar-refractivity contribution in [2.45, 2.75) is 32.4 Å². The molecule has 106 valence electrons. The highest BCUT2D eigenvalue weighted by molar-refractivity contribution is 5.76. The van der Waals surface area contributed by atoms with E-state index in [0.717, 1.165) is 11.0 Å². The zero-order valence-corrected chi connectivity index (χ0v) is 11.9. The first kappa shape index (κ1) is 14.4. The smallest absolute Gasteiger partial charge is 0.182 e. The molecule has 0 amide bonds. The second kappa shape index (κ2) is 5.96. The molecule has 1 aromatic heterocycles. The standard InChI is InChI=1S/C15H19N3O2/c1-4-15(20-5-2,11-10-12(3)19)18-14-9-7-6-8-13(14)16-17-18/h4,6-9H,1,5,10-11H2,2-3H3. The number of carbonyl (C=O) groups excluding carboxylic acids is 1. The second-order valence-electron chi connectivity index (χ2n) is 4.67. The van der Waals surface area contributed by atoms with Gasteiger partial charge in [-0.25, -0.2) is 4.68 Å². The maximum Gasteiger partial charge on any atom is 0.182 e. The molecule has 2 aromatic rings. The third-order valence-electron chi connectivity index (χ3n) is 3.26. The van der Waals surface area contributed by atoms with E-state index in [0.29, 0.717) is 19.4 Å². The SMILES string of the molecule is C=CC(CCC(C)=O)(OCC)n1nnc2ccccc21. The quantitative estimate of drug-likeness (QED) is 0.728. The lowest BCUT2D eigenvalue weighted by Crippen LogP contribution is -2.36. The van der Waals surface area contributed by atoms with Crippen molar-refractivity contribution in [2.24, 2.45) is 0 Å². The van der Waals surface area contributed by atoms with E-state index >= 15 is 0 Å². The molecular weight excluding hydrogens is 254 g/mol. The fraction of sp³-hybridized carbons (Fsp3) is 0.400. The Morgan fingerprint density at radius 2 is 2.25 bits per heavy atom. The first-order valence-electron chi connectivity index (χ1n) is 6.71. The van der Waals surface area contributed by atoms with Gasteiger partial charge in [0.2, 0.25) is 0 Å². The van der Waals surface area contributed by atoms with Crippen LogP contribution >= 0.6 is 0 Å².